The molecule has 21 heavy (non-hydrogen) atoms. The molecular weight excluding hydrogens is 272 g/mol. The molecule has 0 fully saturated rings. The van der Waals surface area contributed by atoms with Crippen molar-refractivity contribution in [2.75, 3.05) is 0 Å². The van der Waals surface area contributed by atoms with Gasteiger partial charge in [-0.05, 0) is 35.4 Å². The van der Waals surface area contributed by atoms with E-state index >= 15 is 0 Å². The lowest BCUT2D eigenvalue weighted by Gasteiger charge is -2.08. The molecule has 0 saturated heterocycles. The van der Waals surface area contributed by atoms with Crippen molar-refractivity contribution >= 4 is 11.9 Å². The Hall–Kier alpha value is -2.66. The second-order valence-electron chi connectivity index (χ2n) is 4.39. The first-order chi connectivity index (χ1) is 10.1. The third kappa shape index (κ3) is 3.67. The molecule has 0 spiro atoms. The molecule has 2 aromatic carbocycles. The topological polar surface area (TPSA) is 83.8 Å². The summed E-state index contributed by atoms with van der Waals surface area (Å²) < 4.78 is 5.16. The third-order valence-corrected chi connectivity index (χ3v) is 3.02. The molecule has 0 radical (unpaired) electrons. The molecule has 2 aromatic rings. The molecule has 2 rings (SSSR count). The Kier molecular flexibility index (Phi) is 4.68. The Bertz CT molecular complexity index is 646. The van der Waals surface area contributed by atoms with E-state index in [0.717, 1.165) is 5.56 Å². The monoisotopic (exact) mass is 286 g/mol. The van der Waals surface area contributed by atoms with E-state index in [1.165, 1.54) is 24.3 Å². The number of rotatable bonds is 5. The van der Waals surface area contributed by atoms with Crippen LogP contribution in [0.2, 0.25) is 0 Å². The van der Waals surface area contributed by atoms with Crippen LogP contribution in [0.25, 0.3) is 0 Å². The molecule has 0 atom stereocenters. The highest BCUT2D eigenvalue weighted by atomic mass is 16.5. The molecule has 2 N–H and O–H groups in total. The van der Waals surface area contributed by atoms with Crippen molar-refractivity contribution in [2.45, 2.75) is 13.2 Å². The van der Waals surface area contributed by atoms with Gasteiger partial charge in [-0.3, -0.25) is 0 Å². The molecule has 0 amide bonds. The molecule has 5 heteroatoms. The zero-order valence-corrected chi connectivity index (χ0v) is 11.2. The van der Waals surface area contributed by atoms with Crippen molar-refractivity contribution in [3.63, 3.8) is 0 Å². The number of aliphatic hydroxyl groups is 1. The predicted octanol–water partition coefficient (Wildman–Crippen LogP) is 2.23. The highest BCUT2D eigenvalue weighted by molar-refractivity contribution is 5.92. The maximum Gasteiger partial charge on any atom is 0.338 e. The van der Waals surface area contributed by atoms with Crippen LogP contribution in [0.1, 0.15) is 31.8 Å². The normalized spacial score (nSPS) is 10.1. The number of hydrogen-bond donors (Lipinski definition) is 2. The molecule has 5 nitrogen and oxygen atoms in total. The standard InChI is InChI=1S/C16H14O5/c17-9-13-3-1-2-4-14(13)10-21-16(20)12-7-5-11(6-8-12)15(18)19/h1-8,17H,9-10H2,(H,18,19). The number of carbonyl (C=O) groups is 2. The second-order valence-corrected chi connectivity index (χ2v) is 4.39. The van der Waals surface area contributed by atoms with Crippen molar-refractivity contribution in [1.82, 2.24) is 0 Å². The first-order valence-electron chi connectivity index (χ1n) is 6.30. The number of carbonyl (C=O) groups excluding carboxylic acids is 1. The number of hydrogen-bond acceptors (Lipinski definition) is 4. The first kappa shape index (κ1) is 14.7. The lowest BCUT2D eigenvalue weighted by atomic mass is 10.1. The van der Waals surface area contributed by atoms with Gasteiger partial charge in [0, 0.05) is 0 Å². The Morgan fingerprint density at radius 2 is 1.48 bits per heavy atom. The molecule has 0 aliphatic heterocycles. The van der Waals surface area contributed by atoms with Gasteiger partial charge in [-0.25, -0.2) is 9.59 Å². The van der Waals surface area contributed by atoms with Crippen LogP contribution >= 0.6 is 0 Å². The average molecular weight is 286 g/mol. The van der Waals surface area contributed by atoms with Crippen molar-refractivity contribution in [2.24, 2.45) is 0 Å². The fourth-order valence-electron chi connectivity index (χ4n) is 1.83. The summed E-state index contributed by atoms with van der Waals surface area (Å²) in [6.07, 6.45) is 0. The third-order valence-electron chi connectivity index (χ3n) is 3.02. The maximum absolute atomic E-state index is 11.9. The molecule has 0 heterocycles. The second kappa shape index (κ2) is 6.67. The summed E-state index contributed by atoms with van der Waals surface area (Å²) in [5.74, 6) is -1.59. The van der Waals surface area contributed by atoms with Gasteiger partial charge in [0.05, 0.1) is 17.7 Å². The Morgan fingerprint density at radius 1 is 0.905 bits per heavy atom. The molecule has 0 bridgehead atoms. The van der Waals surface area contributed by atoms with Gasteiger partial charge in [0.25, 0.3) is 0 Å². The predicted molar refractivity (Wildman–Crippen MR) is 74.9 cm³/mol. The molecule has 0 aromatic heterocycles. The fraction of sp³-hybridized carbons (Fsp3) is 0.125. The Balaban J connectivity index is 2.03. The average Bonchev–Trinajstić information content (AvgIpc) is 2.52. The summed E-state index contributed by atoms with van der Waals surface area (Å²) in [6.45, 7) is -0.0721. The van der Waals surface area contributed by atoms with Crippen molar-refractivity contribution in [3.05, 3.63) is 70.8 Å². The lowest BCUT2D eigenvalue weighted by Crippen LogP contribution is -2.07. The Labute approximate surface area is 121 Å². The van der Waals surface area contributed by atoms with Gasteiger partial charge in [-0.15, -0.1) is 0 Å². The van der Waals surface area contributed by atoms with E-state index in [-0.39, 0.29) is 24.3 Å². The van der Waals surface area contributed by atoms with Crippen LogP contribution in [0.15, 0.2) is 48.5 Å². The number of aromatic carboxylic acids is 1. The van der Waals surface area contributed by atoms with E-state index in [0.29, 0.717) is 5.56 Å². The molecule has 0 aliphatic rings. The minimum Gasteiger partial charge on any atom is -0.478 e. The SMILES string of the molecule is O=C(O)c1ccc(C(=O)OCc2ccccc2CO)cc1. The van der Waals surface area contributed by atoms with Gasteiger partial charge in [0.15, 0.2) is 0 Å². The van der Waals surface area contributed by atoms with E-state index < -0.39 is 11.9 Å². The van der Waals surface area contributed by atoms with Crippen molar-refractivity contribution in [1.29, 1.82) is 0 Å². The summed E-state index contributed by atoms with van der Waals surface area (Å²) >= 11 is 0. The van der Waals surface area contributed by atoms with E-state index in [9.17, 15) is 14.7 Å². The van der Waals surface area contributed by atoms with Crippen LogP contribution in [0.3, 0.4) is 0 Å². The highest BCUT2D eigenvalue weighted by Crippen LogP contribution is 2.12. The fourth-order valence-corrected chi connectivity index (χ4v) is 1.83. The largest absolute Gasteiger partial charge is 0.478 e. The van der Waals surface area contributed by atoms with Crippen LogP contribution in [0.4, 0.5) is 0 Å². The van der Waals surface area contributed by atoms with Crippen LogP contribution in [-0.4, -0.2) is 22.2 Å². The Morgan fingerprint density at radius 3 is 2.05 bits per heavy atom. The number of aliphatic hydroxyl groups excluding tert-OH is 1. The maximum atomic E-state index is 11.9. The summed E-state index contributed by atoms with van der Waals surface area (Å²) in [5, 5.41) is 18.0. The van der Waals surface area contributed by atoms with Crippen LogP contribution in [0.5, 0.6) is 0 Å². The summed E-state index contributed by atoms with van der Waals surface area (Å²) in [6, 6.07) is 12.6. The number of esters is 1. The van der Waals surface area contributed by atoms with Gasteiger partial charge in [-0.2, -0.15) is 0 Å². The van der Waals surface area contributed by atoms with E-state index in [1.54, 1.807) is 24.3 Å². The molecule has 0 aliphatic carbocycles. The van der Waals surface area contributed by atoms with Crippen LogP contribution in [0, 0.1) is 0 Å². The zero-order valence-electron chi connectivity index (χ0n) is 11.2. The van der Waals surface area contributed by atoms with E-state index in [4.69, 9.17) is 9.84 Å². The van der Waals surface area contributed by atoms with E-state index in [2.05, 4.69) is 0 Å². The first-order valence-corrected chi connectivity index (χ1v) is 6.30. The summed E-state index contributed by atoms with van der Waals surface area (Å²) in [4.78, 5) is 22.6. The van der Waals surface area contributed by atoms with Gasteiger partial charge in [-0.1, -0.05) is 24.3 Å². The van der Waals surface area contributed by atoms with Crippen molar-refractivity contribution in [3.8, 4) is 0 Å². The number of benzene rings is 2. The van der Waals surface area contributed by atoms with Gasteiger partial charge < -0.3 is 14.9 Å². The molecular formula is C16H14O5. The van der Waals surface area contributed by atoms with Crippen LogP contribution < -0.4 is 0 Å². The number of carboxylic acid groups (broad SMARTS) is 1. The van der Waals surface area contributed by atoms with Gasteiger partial charge in [0.2, 0.25) is 0 Å². The van der Waals surface area contributed by atoms with Gasteiger partial charge in [0.1, 0.15) is 6.61 Å². The minimum absolute atomic E-state index is 0.0518. The summed E-state index contributed by atoms with van der Waals surface area (Å²) in [5.41, 5.74) is 1.82. The minimum atomic E-state index is -1.05. The van der Waals surface area contributed by atoms with Crippen molar-refractivity contribution < 1.29 is 24.5 Å². The lowest BCUT2D eigenvalue weighted by molar-refractivity contribution is 0.0469. The molecule has 0 unspecified atom stereocenters. The highest BCUT2D eigenvalue weighted by Gasteiger charge is 2.10. The molecule has 108 valence electrons. The van der Waals surface area contributed by atoms with Gasteiger partial charge >= 0.3 is 11.9 Å². The zero-order chi connectivity index (χ0) is 15.2. The smallest absolute Gasteiger partial charge is 0.338 e. The van der Waals surface area contributed by atoms with Crippen LogP contribution in [-0.2, 0) is 18.0 Å². The quantitative estimate of drug-likeness (QED) is 0.823. The number of carboxylic acids is 1. The molecule has 0 saturated carbocycles. The number of ether oxygens (including phenoxy) is 1. The summed E-state index contributed by atoms with van der Waals surface area (Å²) in [7, 11) is 0. The van der Waals surface area contributed by atoms with E-state index in [1.807, 2.05) is 0 Å².